The van der Waals surface area contributed by atoms with Crippen LogP contribution in [0.5, 0.6) is 0 Å². The molecule has 0 atom stereocenters. The van der Waals surface area contributed by atoms with Crippen LogP contribution in [0.15, 0.2) is 140 Å². The van der Waals surface area contributed by atoms with E-state index < -0.39 is 0 Å². The van der Waals surface area contributed by atoms with E-state index in [-0.39, 0.29) is 20.1 Å². The van der Waals surface area contributed by atoms with Crippen LogP contribution in [0.25, 0.3) is 66.4 Å². The molecule has 0 spiro atoms. The number of aromatic nitrogens is 3. The largest absolute Gasteiger partial charge is 0.305 e. The molecule has 3 aromatic heterocycles. The number of aryl methyl sites for hydroxylation is 4. The van der Waals surface area contributed by atoms with Crippen molar-refractivity contribution in [1.82, 2.24) is 15.0 Å². The van der Waals surface area contributed by atoms with Crippen LogP contribution >= 0.6 is 0 Å². The molecule has 0 N–H and O–H groups in total. The molecule has 0 amide bonds. The monoisotopic (exact) mass is 810 g/mol. The number of benzene rings is 5. The Kier molecular flexibility index (Phi) is 10.2. The zero-order valence-electron chi connectivity index (χ0n) is 28.0. The van der Waals surface area contributed by atoms with E-state index in [0.29, 0.717) is 0 Å². The average Bonchev–Trinajstić information content (AvgIpc) is 3.12. The molecule has 0 unspecified atom stereocenters. The Balaban J connectivity index is 0.000000270. The van der Waals surface area contributed by atoms with Gasteiger partial charge in [-0.3, -0.25) is 4.98 Å². The van der Waals surface area contributed by atoms with Gasteiger partial charge in [0.1, 0.15) is 0 Å². The van der Waals surface area contributed by atoms with E-state index in [1.54, 1.807) is 6.20 Å². The van der Waals surface area contributed by atoms with Gasteiger partial charge in [-0.05, 0) is 101 Å². The molecule has 0 aliphatic carbocycles. The maximum atomic E-state index is 4.80. The Morgan fingerprint density at radius 2 is 1.18 bits per heavy atom. The maximum absolute atomic E-state index is 4.80. The predicted octanol–water partition coefficient (Wildman–Crippen LogP) is 11.4. The van der Waals surface area contributed by atoms with Crippen LogP contribution < -0.4 is 0 Å². The molecule has 1 radical (unpaired) electrons. The van der Waals surface area contributed by atoms with Crippen LogP contribution in [0.2, 0.25) is 0 Å². The van der Waals surface area contributed by atoms with E-state index >= 15 is 0 Å². The van der Waals surface area contributed by atoms with E-state index in [1.807, 2.05) is 73.1 Å². The summed E-state index contributed by atoms with van der Waals surface area (Å²) in [6.07, 6.45) is 5.57. The van der Waals surface area contributed by atoms with Gasteiger partial charge in [-0.25, -0.2) is 0 Å². The van der Waals surface area contributed by atoms with Gasteiger partial charge in [-0.2, -0.15) is 0 Å². The molecule has 0 aliphatic rings. The quantitative estimate of drug-likeness (QED) is 0.131. The predicted molar refractivity (Wildman–Crippen MR) is 200 cm³/mol. The van der Waals surface area contributed by atoms with Crippen molar-refractivity contribution in [2.45, 2.75) is 27.7 Å². The Morgan fingerprint density at radius 1 is 0.490 bits per heavy atom. The zero-order chi connectivity index (χ0) is 33.0. The van der Waals surface area contributed by atoms with Crippen LogP contribution in [0, 0.1) is 39.8 Å². The summed E-state index contributed by atoms with van der Waals surface area (Å²) in [6, 6.07) is 48.6. The first-order valence-electron chi connectivity index (χ1n) is 16.2. The van der Waals surface area contributed by atoms with Gasteiger partial charge < -0.3 is 9.97 Å². The molecule has 0 saturated heterocycles. The second kappa shape index (κ2) is 14.9. The fourth-order valence-electron chi connectivity index (χ4n) is 6.19. The molecule has 241 valence electrons. The van der Waals surface area contributed by atoms with Crippen molar-refractivity contribution in [2.24, 2.45) is 0 Å². The Morgan fingerprint density at radius 3 is 1.88 bits per heavy atom. The summed E-state index contributed by atoms with van der Waals surface area (Å²) in [5.41, 5.74) is 14.7. The molecule has 4 heteroatoms. The molecule has 0 saturated carbocycles. The summed E-state index contributed by atoms with van der Waals surface area (Å²) in [5, 5.41) is 3.72. The van der Waals surface area contributed by atoms with Crippen molar-refractivity contribution in [3.63, 3.8) is 0 Å². The Bertz CT molecular complexity index is 2330. The summed E-state index contributed by atoms with van der Waals surface area (Å²) in [7, 11) is 0. The third-order valence-corrected chi connectivity index (χ3v) is 8.54. The minimum atomic E-state index is 0. The Hall–Kier alpha value is -5.28. The summed E-state index contributed by atoms with van der Waals surface area (Å²) < 4.78 is 0. The standard InChI is InChI=1S/C34H27N2.C11H8N.Ir/c1-21-8-11-28-30(19-34-32(31(28)15-21)16-23(3)20-36-34)27-14-22(2)13-26(17-27)29-18-25(10-9-24(29)4)33-7-5-6-12-35-33;1-2-6-10(7-3-1)11-8-4-5-9-12-11;/h5-9,11-20H,1-4H3;1-6,8-9H;/q2*-1;. The van der Waals surface area contributed by atoms with Crippen LogP contribution in [0.1, 0.15) is 22.3 Å². The first kappa shape index (κ1) is 33.6. The van der Waals surface area contributed by atoms with Crippen molar-refractivity contribution in [3.05, 3.63) is 174 Å². The van der Waals surface area contributed by atoms with Gasteiger partial charge in [0.05, 0.1) is 5.52 Å². The molecule has 49 heavy (non-hydrogen) atoms. The van der Waals surface area contributed by atoms with Gasteiger partial charge in [0.25, 0.3) is 0 Å². The fraction of sp³-hybridized carbons (Fsp3) is 0.0889. The van der Waals surface area contributed by atoms with Gasteiger partial charge in [-0.15, -0.1) is 65.2 Å². The fourth-order valence-corrected chi connectivity index (χ4v) is 6.19. The minimum absolute atomic E-state index is 0. The third-order valence-electron chi connectivity index (χ3n) is 8.54. The maximum Gasteiger partial charge on any atom is 0.0714 e. The van der Waals surface area contributed by atoms with Crippen molar-refractivity contribution in [3.8, 4) is 44.8 Å². The van der Waals surface area contributed by atoms with E-state index in [2.05, 4.69) is 110 Å². The van der Waals surface area contributed by atoms with Gasteiger partial charge in [0, 0.05) is 44.1 Å². The number of hydrogen-bond donors (Lipinski definition) is 0. The number of pyridine rings is 3. The average molecular weight is 810 g/mol. The van der Waals surface area contributed by atoms with Gasteiger partial charge >= 0.3 is 0 Å². The number of nitrogens with zero attached hydrogens (tertiary/aromatic N) is 3. The molecule has 0 aliphatic heterocycles. The van der Waals surface area contributed by atoms with Gasteiger partial charge in [0.15, 0.2) is 0 Å². The Labute approximate surface area is 302 Å². The molecule has 8 aromatic rings. The molecule has 0 bridgehead atoms. The molecule has 3 nitrogen and oxygen atoms in total. The topological polar surface area (TPSA) is 38.7 Å². The first-order valence-corrected chi connectivity index (χ1v) is 16.2. The van der Waals surface area contributed by atoms with Crippen LogP contribution in [0.4, 0.5) is 0 Å². The molecule has 8 rings (SSSR count). The second-order valence-electron chi connectivity index (χ2n) is 12.3. The van der Waals surface area contributed by atoms with Crippen LogP contribution in [-0.4, -0.2) is 15.0 Å². The second-order valence-corrected chi connectivity index (χ2v) is 12.3. The smallest absolute Gasteiger partial charge is 0.0714 e. The summed E-state index contributed by atoms with van der Waals surface area (Å²) in [6.45, 7) is 8.58. The van der Waals surface area contributed by atoms with Crippen molar-refractivity contribution >= 4 is 21.7 Å². The van der Waals surface area contributed by atoms with E-state index in [4.69, 9.17) is 4.98 Å². The van der Waals surface area contributed by atoms with Gasteiger partial charge in [-0.1, -0.05) is 72.6 Å². The van der Waals surface area contributed by atoms with Crippen molar-refractivity contribution in [2.75, 3.05) is 0 Å². The SMILES string of the molecule is Cc1cc(-c2cc(-c3ccccn3)[c-]cc2C)cc(-c2cc3ncc(C)cc3c3cc(C)ccc23)c1.[Ir].[c-]1ccccc1-c1ccccn1. The molecule has 5 aromatic carbocycles. The molecule has 3 heterocycles. The molecular formula is C45H35IrN3-2. The van der Waals surface area contributed by atoms with E-state index in [9.17, 15) is 0 Å². The zero-order valence-corrected chi connectivity index (χ0v) is 30.3. The first-order chi connectivity index (χ1) is 23.4. The van der Waals surface area contributed by atoms with Gasteiger partial charge in [0.2, 0.25) is 0 Å². The van der Waals surface area contributed by atoms with E-state index in [1.165, 1.54) is 60.7 Å². The normalized spacial score (nSPS) is 10.7. The van der Waals surface area contributed by atoms with Crippen LogP contribution in [0.3, 0.4) is 0 Å². The summed E-state index contributed by atoms with van der Waals surface area (Å²) >= 11 is 0. The number of hydrogen-bond acceptors (Lipinski definition) is 3. The van der Waals surface area contributed by atoms with E-state index in [0.717, 1.165) is 28.0 Å². The molecule has 0 fully saturated rings. The van der Waals surface area contributed by atoms with Crippen molar-refractivity contribution in [1.29, 1.82) is 0 Å². The number of fused-ring (bicyclic) bond motifs is 3. The minimum Gasteiger partial charge on any atom is -0.305 e. The van der Waals surface area contributed by atoms with Crippen molar-refractivity contribution < 1.29 is 20.1 Å². The van der Waals surface area contributed by atoms with Crippen LogP contribution in [-0.2, 0) is 20.1 Å². The summed E-state index contributed by atoms with van der Waals surface area (Å²) in [4.78, 5) is 13.5. The summed E-state index contributed by atoms with van der Waals surface area (Å²) in [5.74, 6) is 0. The number of rotatable bonds is 4. The third kappa shape index (κ3) is 7.42. The molecular weight excluding hydrogens is 775 g/mol.